The van der Waals surface area contributed by atoms with Crippen LogP contribution in [0, 0.1) is 11.8 Å². The molecule has 0 fully saturated rings. The summed E-state index contributed by atoms with van der Waals surface area (Å²) in [6, 6.07) is 0.0901. The van der Waals surface area contributed by atoms with Gasteiger partial charge in [-0.15, -0.1) is 0 Å². The van der Waals surface area contributed by atoms with E-state index in [0.29, 0.717) is 12.1 Å². The van der Waals surface area contributed by atoms with Crippen LogP contribution < -0.4 is 11.1 Å². The van der Waals surface area contributed by atoms with Crippen LogP contribution in [0.2, 0.25) is 0 Å². The second-order valence-electron chi connectivity index (χ2n) is 8.57. The number of aromatic hydroxyl groups is 1. The van der Waals surface area contributed by atoms with Crippen LogP contribution in [-0.4, -0.2) is 56.1 Å². The van der Waals surface area contributed by atoms with Gasteiger partial charge in [0, 0.05) is 11.5 Å². The monoisotopic (exact) mass is 482 g/mol. The molecule has 9 nitrogen and oxygen atoms in total. The number of hydrogen-bond acceptors (Lipinski definition) is 8. The van der Waals surface area contributed by atoms with E-state index in [1.54, 1.807) is 6.92 Å². The minimum Gasteiger partial charge on any atom is -0.510 e. The number of carbonyl (C=O) groups is 3. The van der Waals surface area contributed by atoms with Crippen molar-refractivity contribution in [1.29, 1.82) is 0 Å². The van der Waals surface area contributed by atoms with E-state index in [-0.39, 0.29) is 13.0 Å². The van der Waals surface area contributed by atoms with Crippen molar-refractivity contribution in [3.8, 4) is 5.75 Å². The Bertz CT molecular complexity index is 1200. The lowest BCUT2D eigenvalue weighted by Crippen LogP contribution is -2.64. The Morgan fingerprint density at radius 1 is 1.24 bits per heavy atom. The Hall–Kier alpha value is -3.38. The van der Waals surface area contributed by atoms with Crippen LogP contribution >= 0.6 is 0 Å². The molecule has 7 N–H and O–H groups in total. The third kappa shape index (κ3) is 3.05. The summed E-state index contributed by atoms with van der Waals surface area (Å²) in [4.78, 5) is 38.2. The number of hydrogen-bond donors (Lipinski definition) is 6. The number of alkyl halides is 3. The lowest BCUT2D eigenvalue weighted by atomic mass is 9.58. The van der Waals surface area contributed by atoms with Crippen LogP contribution in [0.3, 0.4) is 0 Å². The number of phenols is 1. The molecule has 34 heavy (non-hydrogen) atoms. The molecule has 0 radical (unpaired) electrons. The quantitative estimate of drug-likeness (QED) is 0.349. The number of aliphatic hydroxyl groups excluding tert-OH is 2. The number of amides is 1. The molecule has 0 saturated heterocycles. The number of benzene rings is 1. The molecule has 12 heteroatoms. The third-order valence-electron chi connectivity index (χ3n) is 6.81. The van der Waals surface area contributed by atoms with Gasteiger partial charge in [-0.3, -0.25) is 14.4 Å². The lowest BCUT2D eigenvalue weighted by molar-refractivity contribution is -0.146. The summed E-state index contributed by atoms with van der Waals surface area (Å²) in [6.07, 6.45) is -5.56. The van der Waals surface area contributed by atoms with E-state index in [4.69, 9.17) is 5.73 Å². The predicted molar refractivity (Wildman–Crippen MR) is 109 cm³/mol. The molecule has 0 saturated carbocycles. The number of carbonyl (C=O) groups excluding carboxylic acids is 3. The molecule has 0 bridgehead atoms. The highest BCUT2D eigenvalue weighted by atomic mass is 19.4. The summed E-state index contributed by atoms with van der Waals surface area (Å²) in [7, 11) is 0. The van der Waals surface area contributed by atoms with E-state index >= 15 is 0 Å². The van der Waals surface area contributed by atoms with E-state index < -0.39 is 98.7 Å². The molecule has 0 unspecified atom stereocenters. The van der Waals surface area contributed by atoms with Crippen LogP contribution in [-0.2, 0) is 22.2 Å². The molecular weight excluding hydrogens is 461 g/mol. The first-order valence-corrected chi connectivity index (χ1v) is 10.4. The van der Waals surface area contributed by atoms with Crippen LogP contribution in [0.1, 0.15) is 34.8 Å². The largest absolute Gasteiger partial charge is 0.510 e. The van der Waals surface area contributed by atoms with Gasteiger partial charge in [-0.1, -0.05) is 6.92 Å². The van der Waals surface area contributed by atoms with E-state index in [0.717, 1.165) is 0 Å². The number of ketones is 2. The predicted octanol–water partition coefficient (Wildman–Crippen LogP) is 1.19. The van der Waals surface area contributed by atoms with Crippen molar-refractivity contribution in [1.82, 2.24) is 5.32 Å². The van der Waals surface area contributed by atoms with Gasteiger partial charge in [0.15, 0.2) is 11.4 Å². The number of primary amides is 1. The number of halogens is 3. The fraction of sp³-hybridized carbons (Fsp3) is 0.409. The fourth-order valence-electron chi connectivity index (χ4n) is 5.40. The fourth-order valence-corrected chi connectivity index (χ4v) is 5.40. The molecule has 3 aliphatic carbocycles. The molecule has 0 aromatic heterocycles. The molecule has 1 aromatic carbocycles. The van der Waals surface area contributed by atoms with Crippen molar-refractivity contribution < 1.29 is 48.0 Å². The Morgan fingerprint density at radius 3 is 2.44 bits per heavy atom. The van der Waals surface area contributed by atoms with Gasteiger partial charge in [-0.05, 0) is 43.0 Å². The average molecular weight is 482 g/mol. The second-order valence-corrected chi connectivity index (χ2v) is 8.57. The molecule has 182 valence electrons. The molecule has 0 aliphatic heterocycles. The van der Waals surface area contributed by atoms with Crippen LogP contribution in [0.5, 0.6) is 5.75 Å². The molecule has 1 amide bonds. The number of fused-ring (bicyclic) bond motifs is 3. The summed E-state index contributed by atoms with van der Waals surface area (Å²) < 4.78 is 40.9. The second kappa shape index (κ2) is 7.57. The van der Waals surface area contributed by atoms with Crippen molar-refractivity contribution in [2.45, 2.75) is 37.6 Å². The summed E-state index contributed by atoms with van der Waals surface area (Å²) in [6.45, 7) is 1.80. The highest BCUT2D eigenvalue weighted by Gasteiger charge is 2.63. The number of allylic oxidation sites excluding steroid dienone is 1. The smallest absolute Gasteiger partial charge is 0.416 e. The molecule has 1 aromatic rings. The zero-order chi connectivity index (χ0) is 25.3. The first-order valence-electron chi connectivity index (χ1n) is 10.4. The number of rotatable bonds is 3. The number of nitrogens with two attached hydrogens (primary N) is 1. The van der Waals surface area contributed by atoms with Gasteiger partial charge in [-0.25, -0.2) is 0 Å². The topological polar surface area (TPSA) is 170 Å². The number of phenolic OH excluding ortho intramolecular Hbond substituents is 1. The number of Topliss-reactive ketones (excluding diaryl/α,β-unsaturated/α-hetero) is 2. The lowest BCUT2D eigenvalue weighted by Gasteiger charge is -2.48. The molecule has 4 atom stereocenters. The van der Waals surface area contributed by atoms with Crippen molar-refractivity contribution >= 4 is 17.5 Å². The summed E-state index contributed by atoms with van der Waals surface area (Å²) in [5.74, 6) is -9.04. The molecular formula is C22H21F3N2O7. The van der Waals surface area contributed by atoms with Gasteiger partial charge >= 0.3 is 6.18 Å². The van der Waals surface area contributed by atoms with Gasteiger partial charge in [-0.2, -0.15) is 13.2 Å². The SMILES string of the molecule is CCN[C@@H]1C(O)=C(C(N)=O)C(=O)[C@@]2(O)C(O)=C3C(=O)c4c(O)ccc(C(F)(F)F)c4C[C@H]3C[C@@H]12. The van der Waals surface area contributed by atoms with Crippen LogP contribution in [0.25, 0.3) is 0 Å². The Labute approximate surface area is 190 Å². The van der Waals surface area contributed by atoms with Gasteiger partial charge in [0.2, 0.25) is 5.78 Å². The minimum absolute atomic E-state index is 0.178. The maximum atomic E-state index is 13.6. The van der Waals surface area contributed by atoms with Crippen molar-refractivity contribution in [3.05, 3.63) is 51.5 Å². The standard InChI is InChI=1S/C22H21F3N2O7/c1-2-27-15-10-6-7-5-8-9(22(23,24)25)3-4-11(28)13(8)16(29)12(7)18(31)21(10,34)19(32)14(17(15)30)20(26)33/h3-4,7,10,15,27-28,30-31,34H,2,5-6H2,1H3,(H2,26,33)/t7-,10-,15-,21-/m0/s1. The molecule has 4 rings (SSSR count). The van der Waals surface area contributed by atoms with E-state index in [9.17, 15) is 48.0 Å². The summed E-state index contributed by atoms with van der Waals surface area (Å²) in [5.41, 5.74) is -1.41. The van der Waals surface area contributed by atoms with E-state index in [2.05, 4.69) is 5.32 Å². The normalized spacial score (nSPS) is 29.0. The Kier molecular flexibility index (Phi) is 5.29. The molecule has 0 spiro atoms. The average Bonchev–Trinajstić information content (AvgIpc) is 2.72. The van der Waals surface area contributed by atoms with Gasteiger partial charge in [0.25, 0.3) is 5.91 Å². The first-order chi connectivity index (χ1) is 15.8. The van der Waals surface area contributed by atoms with Crippen LogP contribution in [0.4, 0.5) is 13.2 Å². The van der Waals surface area contributed by atoms with Crippen molar-refractivity contribution in [2.24, 2.45) is 17.6 Å². The van der Waals surface area contributed by atoms with Crippen LogP contribution in [0.15, 0.2) is 34.8 Å². The minimum atomic E-state index is -4.83. The molecule has 0 heterocycles. The maximum Gasteiger partial charge on any atom is 0.416 e. The first kappa shape index (κ1) is 23.8. The number of aliphatic hydroxyl groups is 3. The van der Waals surface area contributed by atoms with Crippen molar-refractivity contribution in [2.75, 3.05) is 6.54 Å². The number of likely N-dealkylation sites (N-methyl/N-ethyl adjacent to an activating group) is 1. The third-order valence-corrected chi connectivity index (χ3v) is 6.81. The zero-order valence-electron chi connectivity index (χ0n) is 17.7. The van der Waals surface area contributed by atoms with E-state index in [1.165, 1.54) is 0 Å². The van der Waals surface area contributed by atoms with Gasteiger partial charge in [0.1, 0.15) is 22.8 Å². The number of nitrogens with one attached hydrogen (secondary N) is 1. The Morgan fingerprint density at radius 2 is 1.88 bits per heavy atom. The highest BCUT2D eigenvalue weighted by molar-refractivity contribution is 6.24. The van der Waals surface area contributed by atoms with Gasteiger partial charge < -0.3 is 31.5 Å². The Balaban J connectivity index is 1.96. The maximum absolute atomic E-state index is 13.6. The highest BCUT2D eigenvalue weighted by Crippen LogP contribution is 2.52. The summed E-state index contributed by atoms with van der Waals surface area (Å²) in [5, 5.41) is 45.9. The summed E-state index contributed by atoms with van der Waals surface area (Å²) >= 11 is 0. The zero-order valence-corrected chi connectivity index (χ0v) is 17.7. The molecule has 3 aliphatic rings. The van der Waals surface area contributed by atoms with E-state index in [1.807, 2.05) is 0 Å². The van der Waals surface area contributed by atoms with Crippen molar-refractivity contribution in [3.63, 3.8) is 0 Å². The van der Waals surface area contributed by atoms with Gasteiger partial charge in [0.05, 0.1) is 17.2 Å².